The van der Waals surface area contributed by atoms with E-state index in [1.54, 1.807) is 7.11 Å². The Hall–Kier alpha value is -3.07. The number of hydrogen-bond acceptors (Lipinski definition) is 2. The molecule has 3 heteroatoms. The molecule has 111 valence electrons. The van der Waals surface area contributed by atoms with E-state index in [-0.39, 0.29) is 0 Å². The van der Waals surface area contributed by atoms with Crippen LogP contribution in [0.3, 0.4) is 0 Å². The highest BCUT2D eigenvalue weighted by atomic mass is 16.5. The van der Waals surface area contributed by atoms with Crippen molar-refractivity contribution in [2.75, 3.05) is 7.11 Å². The summed E-state index contributed by atoms with van der Waals surface area (Å²) in [7, 11) is 1.67. The van der Waals surface area contributed by atoms with Gasteiger partial charge in [0.25, 0.3) is 0 Å². The first-order valence-corrected chi connectivity index (χ1v) is 7.43. The van der Waals surface area contributed by atoms with E-state index in [1.165, 1.54) is 0 Å². The van der Waals surface area contributed by atoms with Crippen LogP contribution in [0, 0.1) is 6.07 Å². The van der Waals surface area contributed by atoms with Crippen molar-refractivity contribution in [1.29, 1.82) is 0 Å². The Bertz CT molecular complexity index is 958. The first kappa shape index (κ1) is 13.6. The second-order valence-corrected chi connectivity index (χ2v) is 5.33. The molecule has 0 saturated carbocycles. The number of aromatic nitrogens is 2. The molecule has 0 aliphatic carbocycles. The number of pyridine rings is 1. The van der Waals surface area contributed by atoms with E-state index >= 15 is 0 Å². The molecule has 2 aromatic carbocycles. The predicted molar refractivity (Wildman–Crippen MR) is 91.5 cm³/mol. The molecule has 1 radical (unpaired) electrons. The van der Waals surface area contributed by atoms with Gasteiger partial charge in [0.15, 0.2) is 0 Å². The molecule has 0 bridgehead atoms. The van der Waals surface area contributed by atoms with E-state index in [9.17, 15) is 0 Å². The third-order valence-corrected chi connectivity index (χ3v) is 3.86. The molecule has 0 amide bonds. The second kappa shape index (κ2) is 5.61. The van der Waals surface area contributed by atoms with Gasteiger partial charge in [0.1, 0.15) is 11.4 Å². The molecule has 0 atom stereocenters. The Balaban J connectivity index is 1.79. The van der Waals surface area contributed by atoms with Crippen LogP contribution in [0.4, 0.5) is 0 Å². The van der Waals surface area contributed by atoms with Crippen LogP contribution in [-0.2, 0) is 0 Å². The van der Waals surface area contributed by atoms with E-state index in [1.807, 2.05) is 54.7 Å². The highest BCUT2D eigenvalue weighted by Crippen LogP contribution is 2.25. The molecule has 2 aromatic heterocycles. The normalized spacial score (nSPS) is 10.8. The zero-order chi connectivity index (χ0) is 15.6. The number of nitrogens with zero attached hydrogens (tertiary/aromatic N) is 2. The van der Waals surface area contributed by atoms with Crippen LogP contribution in [0.1, 0.15) is 0 Å². The molecule has 0 saturated heterocycles. The molecule has 0 fully saturated rings. The standard InChI is InChI=1S/C20H15N2O/c1-23-18-9-5-8-16(12-18)19-14-22-13-17(10-11-20(22)21-19)15-6-3-2-4-7-15/h2-3,5-14H,1H3. The van der Waals surface area contributed by atoms with Gasteiger partial charge in [0.2, 0.25) is 0 Å². The van der Waals surface area contributed by atoms with Crippen LogP contribution in [0.15, 0.2) is 73.1 Å². The van der Waals surface area contributed by atoms with E-state index in [0.29, 0.717) is 0 Å². The van der Waals surface area contributed by atoms with Crippen molar-refractivity contribution >= 4 is 5.65 Å². The number of rotatable bonds is 3. The number of hydrogen-bond donors (Lipinski definition) is 0. The van der Waals surface area contributed by atoms with Crippen LogP contribution < -0.4 is 4.74 Å². The lowest BCUT2D eigenvalue weighted by atomic mass is 10.1. The smallest absolute Gasteiger partial charge is 0.137 e. The largest absolute Gasteiger partial charge is 0.497 e. The summed E-state index contributed by atoms with van der Waals surface area (Å²) >= 11 is 0. The van der Waals surface area contributed by atoms with Gasteiger partial charge in [-0.25, -0.2) is 4.98 Å². The summed E-state index contributed by atoms with van der Waals surface area (Å²) in [6, 6.07) is 23.1. The van der Waals surface area contributed by atoms with Gasteiger partial charge in [-0.3, -0.25) is 0 Å². The Morgan fingerprint density at radius 3 is 2.70 bits per heavy atom. The van der Waals surface area contributed by atoms with Crippen molar-refractivity contribution in [3.63, 3.8) is 0 Å². The van der Waals surface area contributed by atoms with E-state index in [4.69, 9.17) is 9.72 Å². The average molecular weight is 299 g/mol. The SMILES string of the molecule is COc1cccc(-c2cn3cc(-c4c[c]ccc4)ccc3n2)c1. The maximum Gasteiger partial charge on any atom is 0.137 e. The van der Waals surface area contributed by atoms with Crippen LogP contribution in [-0.4, -0.2) is 16.5 Å². The van der Waals surface area contributed by atoms with Gasteiger partial charge in [-0.2, -0.15) is 0 Å². The molecule has 4 aromatic rings. The van der Waals surface area contributed by atoms with Crippen molar-refractivity contribution in [2.45, 2.75) is 0 Å². The van der Waals surface area contributed by atoms with Crippen molar-refractivity contribution in [3.05, 3.63) is 79.1 Å². The highest BCUT2D eigenvalue weighted by Gasteiger charge is 2.06. The fourth-order valence-electron chi connectivity index (χ4n) is 2.66. The number of benzene rings is 2. The van der Waals surface area contributed by atoms with Gasteiger partial charge in [-0.15, -0.1) is 0 Å². The number of fused-ring (bicyclic) bond motifs is 1. The molecular formula is C20H15N2O. The molecule has 23 heavy (non-hydrogen) atoms. The van der Waals surface area contributed by atoms with Gasteiger partial charge < -0.3 is 9.14 Å². The van der Waals surface area contributed by atoms with Crippen LogP contribution >= 0.6 is 0 Å². The summed E-state index contributed by atoms with van der Waals surface area (Å²) in [4.78, 5) is 4.69. The van der Waals surface area contributed by atoms with Gasteiger partial charge in [0, 0.05) is 18.0 Å². The lowest BCUT2D eigenvalue weighted by molar-refractivity contribution is 0.415. The highest BCUT2D eigenvalue weighted by molar-refractivity contribution is 5.68. The Morgan fingerprint density at radius 2 is 1.87 bits per heavy atom. The van der Waals surface area contributed by atoms with E-state index in [0.717, 1.165) is 33.8 Å². The minimum absolute atomic E-state index is 0.833. The maximum atomic E-state index is 5.29. The van der Waals surface area contributed by atoms with Crippen molar-refractivity contribution in [1.82, 2.24) is 9.38 Å². The molecule has 0 unspecified atom stereocenters. The van der Waals surface area contributed by atoms with Crippen LogP contribution in [0.25, 0.3) is 28.0 Å². The summed E-state index contributed by atoms with van der Waals surface area (Å²) in [6.45, 7) is 0. The molecule has 3 nitrogen and oxygen atoms in total. The molecule has 0 aliphatic heterocycles. The van der Waals surface area contributed by atoms with Crippen molar-refractivity contribution < 1.29 is 4.74 Å². The molecule has 0 spiro atoms. The maximum absolute atomic E-state index is 5.29. The lowest BCUT2D eigenvalue weighted by Gasteiger charge is -2.01. The third-order valence-electron chi connectivity index (χ3n) is 3.86. The monoisotopic (exact) mass is 299 g/mol. The van der Waals surface area contributed by atoms with Gasteiger partial charge >= 0.3 is 0 Å². The zero-order valence-corrected chi connectivity index (χ0v) is 12.7. The summed E-state index contributed by atoms with van der Waals surface area (Å²) in [5.74, 6) is 0.833. The summed E-state index contributed by atoms with van der Waals surface area (Å²) in [5.41, 5.74) is 5.18. The number of methoxy groups -OCH3 is 1. The lowest BCUT2D eigenvalue weighted by Crippen LogP contribution is -1.84. The van der Waals surface area contributed by atoms with Gasteiger partial charge in [-0.1, -0.05) is 30.3 Å². The first-order chi connectivity index (χ1) is 11.3. The number of imidazole rings is 1. The topological polar surface area (TPSA) is 26.5 Å². The Kier molecular flexibility index (Phi) is 3.31. The Morgan fingerprint density at radius 1 is 0.957 bits per heavy atom. The fourth-order valence-corrected chi connectivity index (χ4v) is 2.66. The van der Waals surface area contributed by atoms with Crippen molar-refractivity contribution in [2.24, 2.45) is 0 Å². The van der Waals surface area contributed by atoms with Crippen LogP contribution in [0.5, 0.6) is 5.75 Å². The average Bonchev–Trinajstić information content (AvgIpc) is 3.06. The second-order valence-electron chi connectivity index (χ2n) is 5.33. The van der Waals surface area contributed by atoms with E-state index in [2.05, 4.69) is 28.8 Å². The first-order valence-electron chi connectivity index (χ1n) is 7.43. The van der Waals surface area contributed by atoms with Gasteiger partial charge in [-0.05, 0) is 47.5 Å². The summed E-state index contributed by atoms with van der Waals surface area (Å²) < 4.78 is 7.34. The third kappa shape index (κ3) is 2.57. The van der Waals surface area contributed by atoms with Crippen LogP contribution in [0.2, 0.25) is 0 Å². The predicted octanol–water partition coefficient (Wildman–Crippen LogP) is 4.48. The Labute approximate surface area is 134 Å². The zero-order valence-electron chi connectivity index (χ0n) is 12.7. The van der Waals surface area contributed by atoms with Crippen molar-refractivity contribution in [3.8, 4) is 28.1 Å². The molecule has 2 heterocycles. The van der Waals surface area contributed by atoms with Gasteiger partial charge in [0.05, 0.1) is 12.8 Å². The van der Waals surface area contributed by atoms with E-state index < -0.39 is 0 Å². The number of ether oxygens (including phenoxy) is 1. The molecule has 4 rings (SSSR count). The minimum Gasteiger partial charge on any atom is -0.497 e. The molecule has 0 N–H and O–H groups in total. The molecular weight excluding hydrogens is 284 g/mol. The minimum atomic E-state index is 0.833. The molecule has 0 aliphatic rings. The summed E-state index contributed by atoms with van der Waals surface area (Å²) in [5, 5.41) is 0. The fraction of sp³-hybridized carbons (Fsp3) is 0.0500. The summed E-state index contributed by atoms with van der Waals surface area (Å²) in [6.07, 6.45) is 4.13. The quantitative estimate of drug-likeness (QED) is 0.557.